The van der Waals surface area contributed by atoms with Crippen LogP contribution in [0.25, 0.3) is 0 Å². The number of carboxylic acid groups (broad SMARTS) is 1. The van der Waals surface area contributed by atoms with Crippen LogP contribution in [0.15, 0.2) is 35.4 Å². The third kappa shape index (κ3) is 2.08. The largest absolute Gasteiger partial charge is 0.465 e. The van der Waals surface area contributed by atoms with Crippen LogP contribution >= 0.6 is 0 Å². The van der Waals surface area contributed by atoms with Crippen LogP contribution in [-0.4, -0.2) is 29.0 Å². The Morgan fingerprint density at radius 2 is 2.06 bits per heavy atom. The number of hydrazone groups is 1. The molecule has 88 valence electrons. The number of amides is 2. The van der Waals surface area contributed by atoms with Crippen LogP contribution in [0.5, 0.6) is 0 Å². The topological polar surface area (TPSA) is 108 Å². The lowest BCUT2D eigenvalue weighted by Gasteiger charge is -2.11. The van der Waals surface area contributed by atoms with E-state index in [1.54, 1.807) is 30.3 Å². The van der Waals surface area contributed by atoms with E-state index in [0.717, 1.165) is 5.01 Å². The number of hydrogen-bond donors (Lipinski definition) is 3. The van der Waals surface area contributed by atoms with Crippen molar-refractivity contribution in [2.75, 3.05) is 5.01 Å². The Bertz CT molecular complexity index is 486. The van der Waals surface area contributed by atoms with Crippen LogP contribution in [0.2, 0.25) is 0 Å². The minimum atomic E-state index is -1.30. The van der Waals surface area contributed by atoms with Gasteiger partial charge in [-0.1, -0.05) is 18.2 Å². The first-order valence-electron chi connectivity index (χ1n) is 4.82. The van der Waals surface area contributed by atoms with Gasteiger partial charge in [-0.15, -0.1) is 5.10 Å². The van der Waals surface area contributed by atoms with Crippen molar-refractivity contribution in [3.63, 3.8) is 0 Å². The van der Waals surface area contributed by atoms with E-state index in [2.05, 4.69) is 5.10 Å². The van der Waals surface area contributed by atoms with Crippen molar-refractivity contribution in [3.8, 4) is 0 Å². The number of nitrogens with zero attached hydrogens (tertiary/aromatic N) is 2. The maximum absolute atomic E-state index is 11.8. The first-order chi connectivity index (χ1) is 8.09. The van der Waals surface area contributed by atoms with E-state index in [-0.39, 0.29) is 5.84 Å². The molecule has 7 nitrogen and oxygen atoms in total. The van der Waals surface area contributed by atoms with Crippen LogP contribution in [0.1, 0.15) is 0 Å². The molecule has 1 aliphatic rings. The Labute approximate surface area is 96.5 Å². The molecule has 1 heterocycles. The molecular formula is C10H10N4O3. The number of nitrogens with one attached hydrogen (secondary N) is 1. The van der Waals surface area contributed by atoms with Crippen molar-refractivity contribution in [3.05, 3.63) is 30.3 Å². The van der Waals surface area contributed by atoms with Crippen molar-refractivity contribution >= 4 is 23.5 Å². The number of amidine groups is 1. The summed E-state index contributed by atoms with van der Waals surface area (Å²) >= 11 is 0. The predicted octanol–water partition coefficient (Wildman–Crippen LogP) is -0.0584. The van der Waals surface area contributed by atoms with Crippen LogP contribution in [-0.2, 0) is 4.79 Å². The molecule has 1 aromatic rings. The number of para-hydroxylation sites is 1. The maximum atomic E-state index is 11.8. The van der Waals surface area contributed by atoms with Crippen LogP contribution in [0, 0.1) is 0 Å². The molecule has 1 unspecified atom stereocenters. The van der Waals surface area contributed by atoms with E-state index in [0.29, 0.717) is 5.69 Å². The molecule has 1 aromatic carbocycles. The first kappa shape index (κ1) is 11.1. The van der Waals surface area contributed by atoms with Crippen LogP contribution in [0.3, 0.4) is 0 Å². The van der Waals surface area contributed by atoms with E-state index in [9.17, 15) is 9.59 Å². The molecule has 0 radical (unpaired) electrons. The van der Waals surface area contributed by atoms with E-state index in [1.807, 2.05) is 5.32 Å². The quantitative estimate of drug-likeness (QED) is 0.632. The maximum Gasteiger partial charge on any atom is 0.410 e. The van der Waals surface area contributed by atoms with Gasteiger partial charge in [0.25, 0.3) is 5.91 Å². The lowest BCUT2D eigenvalue weighted by atomic mass is 10.2. The van der Waals surface area contributed by atoms with Crippen molar-refractivity contribution in [1.29, 1.82) is 0 Å². The van der Waals surface area contributed by atoms with E-state index in [4.69, 9.17) is 10.8 Å². The lowest BCUT2D eigenvalue weighted by Crippen LogP contribution is -2.45. The molecule has 1 atom stereocenters. The zero-order valence-corrected chi connectivity index (χ0v) is 8.70. The average molecular weight is 234 g/mol. The van der Waals surface area contributed by atoms with Gasteiger partial charge in [-0.2, -0.15) is 5.01 Å². The highest BCUT2D eigenvalue weighted by molar-refractivity contribution is 6.20. The molecule has 1 aliphatic heterocycles. The Balaban J connectivity index is 2.28. The molecule has 0 spiro atoms. The second-order valence-corrected chi connectivity index (χ2v) is 3.38. The van der Waals surface area contributed by atoms with Crippen molar-refractivity contribution in [1.82, 2.24) is 5.32 Å². The van der Waals surface area contributed by atoms with Gasteiger partial charge in [0.05, 0.1) is 5.69 Å². The number of anilines is 1. The second kappa shape index (κ2) is 4.22. The number of nitrogens with two attached hydrogens (primary N) is 1. The van der Waals surface area contributed by atoms with Gasteiger partial charge in [0, 0.05) is 0 Å². The molecule has 0 aliphatic carbocycles. The first-order valence-corrected chi connectivity index (χ1v) is 4.82. The van der Waals surface area contributed by atoms with Crippen molar-refractivity contribution in [2.45, 2.75) is 6.04 Å². The minimum absolute atomic E-state index is 0.0775. The normalized spacial score (nSPS) is 19.1. The molecular weight excluding hydrogens is 224 g/mol. The summed E-state index contributed by atoms with van der Waals surface area (Å²) < 4.78 is 0. The smallest absolute Gasteiger partial charge is 0.410 e. The molecule has 2 amide bonds. The summed E-state index contributed by atoms with van der Waals surface area (Å²) in [5.41, 5.74) is 6.09. The van der Waals surface area contributed by atoms with E-state index >= 15 is 0 Å². The summed E-state index contributed by atoms with van der Waals surface area (Å²) in [6.45, 7) is 0. The molecule has 4 N–H and O–H groups in total. The molecule has 0 saturated carbocycles. The fraction of sp³-hybridized carbons (Fsp3) is 0.100. The summed E-state index contributed by atoms with van der Waals surface area (Å²) in [5.74, 6) is -0.550. The third-order valence-corrected chi connectivity index (χ3v) is 2.21. The van der Waals surface area contributed by atoms with E-state index < -0.39 is 18.0 Å². The summed E-state index contributed by atoms with van der Waals surface area (Å²) in [4.78, 5) is 22.2. The number of carbonyl (C=O) groups is 2. The third-order valence-electron chi connectivity index (χ3n) is 2.21. The summed E-state index contributed by atoms with van der Waals surface area (Å²) in [7, 11) is 0. The van der Waals surface area contributed by atoms with Gasteiger partial charge >= 0.3 is 6.09 Å². The van der Waals surface area contributed by atoms with Gasteiger partial charge in [-0.25, -0.2) is 4.79 Å². The predicted molar refractivity (Wildman–Crippen MR) is 60.5 cm³/mol. The average Bonchev–Trinajstić information content (AvgIpc) is 2.58. The highest BCUT2D eigenvalue weighted by Gasteiger charge is 2.34. The molecule has 0 fully saturated rings. The molecule has 2 rings (SSSR count). The zero-order chi connectivity index (χ0) is 12.4. The van der Waals surface area contributed by atoms with Crippen LogP contribution in [0.4, 0.5) is 10.5 Å². The SMILES string of the molecule is NC1C(=O)N(c2ccccc2)N=C1NC(=O)O. The molecule has 7 heteroatoms. The number of carbonyl (C=O) groups excluding carboxylic acids is 1. The monoisotopic (exact) mass is 234 g/mol. The minimum Gasteiger partial charge on any atom is -0.465 e. The van der Waals surface area contributed by atoms with Gasteiger partial charge < -0.3 is 10.8 Å². The van der Waals surface area contributed by atoms with Crippen LogP contribution < -0.4 is 16.1 Å². The fourth-order valence-electron chi connectivity index (χ4n) is 1.43. The molecule has 17 heavy (non-hydrogen) atoms. The zero-order valence-electron chi connectivity index (χ0n) is 8.70. The van der Waals surface area contributed by atoms with Crippen molar-refractivity contribution < 1.29 is 14.7 Å². The van der Waals surface area contributed by atoms with E-state index in [1.165, 1.54) is 0 Å². The molecule has 0 aromatic heterocycles. The number of rotatable bonds is 1. The van der Waals surface area contributed by atoms with Gasteiger partial charge in [-0.3, -0.25) is 10.1 Å². The Morgan fingerprint density at radius 1 is 1.41 bits per heavy atom. The van der Waals surface area contributed by atoms with Crippen molar-refractivity contribution in [2.24, 2.45) is 10.8 Å². The van der Waals surface area contributed by atoms with Gasteiger partial charge in [-0.05, 0) is 12.1 Å². The fourth-order valence-corrected chi connectivity index (χ4v) is 1.43. The number of hydrogen-bond acceptors (Lipinski definition) is 4. The summed E-state index contributed by atoms with van der Waals surface area (Å²) in [6.07, 6.45) is -1.30. The summed E-state index contributed by atoms with van der Waals surface area (Å²) in [5, 5.41) is 15.5. The van der Waals surface area contributed by atoms with Gasteiger partial charge in [0.2, 0.25) is 0 Å². The molecule has 0 saturated heterocycles. The highest BCUT2D eigenvalue weighted by atomic mass is 16.4. The highest BCUT2D eigenvalue weighted by Crippen LogP contribution is 2.18. The lowest BCUT2D eigenvalue weighted by molar-refractivity contribution is -0.117. The van der Waals surface area contributed by atoms with Gasteiger partial charge in [0.1, 0.15) is 6.04 Å². The second-order valence-electron chi connectivity index (χ2n) is 3.38. The Morgan fingerprint density at radius 3 is 2.65 bits per heavy atom. The number of benzene rings is 1. The Kier molecular flexibility index (Phi) is 2.75. The standard InChI is InChI=1S/C10H10N4O3/c11-7-8(12-10(16)17)13-14(9(7)15)6-4-2-1-3-5-6/h1-5,7H,11H2,(H,12,13)(H,16,17). The molecule has 0 bridgehead atoms. The van der Waals surface area contributed by atoms with Gasteiger partial charge in [0.15, 0.2) is 5.84 Å². The summed E-state index contributed by atoms with van der Waals surface area (Å²) in [6, 6.07) is 7.56. The Hall–Kier alpha value is -2.41.